The third kappa shape index (κ3) is 5.66. The lowest BCUT2D eigenvalue weighted by atomic mass is 10.1. The Morgan fingerprint density at radius 3 is 2.58 bits per heavy atom. The molecule has 2 aromatic carbocycles. The van der Waals surface area contributed by atoms with Gasteiger partial charge in [-0.25, -0.2) is 22.2 Å². The molecular formula is C19H15ClF4N2O3S2. The highest BCUT2D eigenvalue weighted by Crippen LogP contribution is 2.33. The summed E-state index contributed by atoms with van der Waals surface area (Å²) in [4.78, 5) is 3.29. The number of halogens is 5. The van der Waals surface area contributed by atoms with Gasteiger partial charge in [-0.3, -0.25) is 0 Å². The second-order valence-corrected chi connectivity index (χ2v) is 9.51. The highest BCUT2D eigenvalue weighted by molar-refractivity contribution is 7.90. The first-order valence-corrected chi connectivity index (χ1v) is 11.6. The highest BCUT2D eigenvalue weighted by atomic mass is 35.5. The minimum Gasteiger partial charge on any atom is -0.435 e. The first-order chi connectivity index (χ1) is 14.6. The first-order valence-electron chi connectivity index (χ1n) is 8.66. The predicted molar refractivity (Wildman–Crippen MR) is 109 cm³/mol. The quantitative estimate of drug-likeness (QED) is 0.399. The second kappa shape index (κ2) is 9.41. The summed E-state index contributed by atoms with van der Waals surface area (Å²) >= 11 is 7.34. The number of sulfone groups is 1. The van der Waals surface area contributed by atoms with Crippen LogP contribution in [0.1, 0.15) is 24.2 Å². The van der Waals surface area contributed by atoms with Gasteiger partial charge in [-0.15, -0.1) is 11.3 Å². The molecule has 31 heavy (non-hydrogen) atoms. The molecule has 0 fully saturated rings. The van der Waals surface area contributed by atoms with Gasteiger partial charge in [0.2, 0.25) is 0 Å². The number of nitrogens with zero attached hydrogens (tertiary/aromatic N) is 1. The molecular weight excluding hydrogens is 480 g/mol. The van der Waals surface area contributed by atoms with E-state index in [4.69, 9.17) is 11.6 Å². The Hall–Kier alpha value is -2.37. The highest BCUT2D eigenvalue weighted by Gasteiger charge is 2.24. The molecule has 0 saturated heterocycles. The SMILES string of the molecule is C[C@H](Nc1cc(F)c(S(=O)(=O)Cc2cscn2)cc1Cl)c1cc(OC(F)F)ccc1F. The summed E-state index contributed by atoms with van der Waals surface area (Å²) in [5.41, 5.74) is 1.70. The zero-order valence-corrected chi connectivity index (χ0v) is 18.2. The van der Waals surface area contributed by atoms with Crippen molar-refractivity contribution in [2.24, 2.45) is 0 Å². The monoisotopic (exact) mass is 494 g/mol. The Morgan fingerprint density at radius 2 is 1.94 bits per heavy atom. The molecule has 0 radical (unpaired) electrons. The Labute approximate surface area is 184 Å². The van der Waals surface area contributed by atoms with Crippen LogP contribution in [0.15, 0.2) is 46.1 Å². The summed E-state index contributed by atoms with van der Waals surface area (Å²) in [6, 6.07) is 4.09. The lowest BCUT2D eigenvalue weighted by Gasteiger charge is -2.19. The van der Waals surface area contributed by atoms with Crippen LogP contribution in [0.5, 0.6) is 5.75 Å². The standard InChI is InChI=1S/C19H15ClF4N2O3S2/c1-10(13-4-12(29-19(23)24)2-3-15(13)21)26-17-6-16(22)18(5-14(17)20)31(27,28)8-11-7-30-9-25-11/h2-7,9-10,19,26H,8H2,1H3/t10-/m0/s1. The van der Waals surface area contributed by atoms with Crippen molar-refractivity contribution in [2.45, 2.75) is 30.2 Å². The Morgan fingerprint density at radius 1 is 1.19 bits per heavy atom. The van der Waals surface area contributed by atoms with Crippen LogP contribution in [-0.2, 0) is 15.6 Å². The number of hydrogen-bond acceptors (Lipinski definition) is 6. The number of anilines is 1. The lowest BCUT2D eigenvalue weighted by Crippen LogP contribution is -2.12. The van der Waals surface area contributed by atoms with E-state index in [1.54, 1.807) is 0 Å². The summed E-state index contributed by atoms with van der Waals surface area (Å²) in [6.45, 7) is -1.59. The minimum atomic E-state index is -4.05. The second-order valence-electron chi connectivity index (χ2n) is 6.43. The third-order valence-corrected chi connectivity index (χ3v) is 6.82. The number of thiazole rings is 1. The topological polar surface area (TPSA) is 68.3 Å². The van der Waals surface area contributed by atoms with Crippen molar-refractivity contribution in [2.75, 3.05) is 5.32 Å². The van der Waals surface area contributed by atoms with E-state index in [1.807, 2.05) is 0 Å². The number of hydrogen-bond donors (Lipinski definition) is 1. The minimum absolute atomic E-state index is 0.00106. The average molecular weight is 495 g/mol. The van der Waals surface area contributed by atoms with E-state index in [2.05, 4.69) is 15.0 Å². The zero-order chi connectivity index (χ0) is 22.8. The molecule has 1 N–H and O–H groups in total. The molecule has 0 saturated carbocycles. The van der Waals surface area contributed by atoms with Gasteiger partial charge in [-0.1, -0.05) is 11.6 Å². The summed E-state index contributed by atoms with van der Waals surface area (Å²) in [6.07, 6.45) is 0. The van der Waals surface area contributed by atoms with Crippen LogP contribution < -0.4 is 10.1 Å². The van der Waals surface area contributed by atoms with Crippen molar-refractivity contribution in [1.29, 1.82) is 0 Å². The number of aromatic nitrogens is 1. The van der Waals surface area contributed by atoms with Crippen molar-refractivity contribution in [3.8, 4) is 5.75 Å². The van der Waals surface area contributed by atoms with E-state index < -0.39 is 44.8 Å². The molecule has 1 aromatic heterocycles. The van der Waals surface area contributed by atoms with Crippen molar-refractivity contribution in [3.05, 3.63) is 69.1 Å². The molecule has 0 unspecified atom stereocenters. The van der Waals surface area contributed by atoms with E-state index in [9.17, 15) is 26.0 Å². The number of benzene rings is 2. The molecule has 1 heterocycles. The van der Waals surface area contributed by atoms with Gasteiger partial charge in [0, 0.05) is 10.9 Å². The van der Waals surface area contributed by atoms with E-state index >= 15 is 0 Å². The van der Waals surface area contributed by atoms with Crippen LogP contribution in [0, 0.1) is 11.6 Å². The van der Waals surface area contributed by atoms with Crippen LogP contribution in [0.2, 0.25) is 5.02 Å². The van der Waals surface area contributed by atoms with Gasteiger partial charge in [0.15, 0.2) is 9.84 Å². The maximum absolute atomic E-state index is 14.6. The Kier molecular flexibility index (Phi) is 7.07. The van der Waals surface area contributed by atoms with Crippen molar-refractivity contribution in [3.63, 3.8) is 0 Å². The smallest absolute Gasteiger partial charge is 0.387 e. The summed E-state index contributed by atoms with van der Waals surface area (Å²) in [7, 11) is -4.05. The van der Waals surface area contributed by atoms with Crippen LogP contribution in [0.3, 0.4) is 0 Å². The van der Waals surface area contributed by atoms with E-state index in [-0.39, 0.29) is 27.7 Å². The van der Waals surface area contributed by atoms with Crippen LogP contribution in [0.4, 0.5) is 23.2 Å². The van der Waals surface area contributed by atoms with Gasteiger partial charge < -0.3 is 10.1 Å². The summed E-state index contributed by atoms with van der Waals surface area (Å²) < 4.78 is 82.9. The lowest BCUT2D eigenvalue weighted by molar-refractivity contribution is -0.0499. The largest absolute Gasteiger partial charge is 0.435 e. The average Bonchev–Trinajstić information content (AvgIpc) is 3.17. The van der Waals surface area contributed by atoms with E-state index in [0.29, 0.717) is 0 Å². The normalized spacial score (nSPS) is 12.7. The molecule has 3 aromatic rings. The van der Waals surface area contributed by atoms with Crippen LogP contribution >= 0.6 is 22.9 Å². The molecule has 0 bridgehead atoms. The first kappa shape index (κ1) is 23.3. The summed E-state index contributed by atoms with van der Waals surface area (Å²) in [5.74, 6) is -2.50. The number of nitrogens with one attached hydrogen (secondary N) is 1. The molecule has 0 aliphatic carbocycles. The third-order valence-electron chi connectivity index (χ3n) is 4.21. The van der Waals surface area contributed by atoms with E-state index in [0.717, 1.165) is 30.3 Å². The number of alkyl halides is 2. The summed E-state index contributed by atoms with van der Waals surface area (Å²) in [5, 5.41) is 4.17. The maximum atomic E-state index is 14.6. The molecule has 5 nitrogen and oxygen atoms in total. The van der Waals surface area contributed by atoms with Crippen LogP contribution in [-0.4, -0.2) is 20.0 Å². The molecule has 0 aliphatic rings. The van der Waals surface area contributed by atoms with Gasteiger partial charge >= 0.3 is 6.61 Å². The van der Waals surface area contributed by atoms with Gasteiger partial charge in [-0.2, -0.15) is 8.78 Å². The molecule has 0 aliphatic heterocycles. The van der Waals surface area contributed by atoms with Gasteiger partial charge in [0.05, 0.1) is 33.7 Å². The van der Waals surface area contributed by atoms with Crippen LogP contribution in [0.25, 0.3) is 0 Å². The predicted octanol–water partition coefficient (Wildman–Crippen LogP) is 5.82. The van der Waals surface area contributed by atoms with Crippen molar-refractivity contribution < 1.29 is 30.7 Å². The van der Waals surface area contributed by atoms with Gasteiger partial charge in [0.1, 0.15) is 22.3 Å². The molecule has 0 amide bonds. The number of rotatable bonds is 8. The fraction of sp³-hybridized carbons (Fsp3) is 0.211. The van der Waals surface area contributed by atoms with Gasteiger partial charge in [0.25, 0.3) is 0 Å². The zero-order valence-electron chi connectivity index (χ0n) is 15.8. The van der Waals surface area contributed by atoms with Crippen molar-refractivity contribution >= 4 is 38.5 Å². The fourth-order valence-corrected chi connectivity index (χ4v) is 5.10. The molecule has 1 atom stereocenters. The number of ether oxygens (including phenoxy) is 1. The van der Waals surface area contributed by atoms with Gasteiger partial charge in [-0.05, 0) is 37.3 Å². The Balaban J connectivity index is 1.85. The molecule has 0 spiro atoms. The molecule has 3 rings (SSSR count). The molecule has 12 heteroatoms. The van der Waals surface area contributed by atoms with E-state index in [1.165, 1.54) is 29.2 Å². The Bertz CT molecular complexity index is 1180. The maximum Gasteiger partial charge on any atom is 0.387 e. The fourth-order valence-electron chi connectivity index (χ4n) is 2.80. The van der Waals surface area contributed by atoms with Crippen molar-refractivity contribution in [1.82, 2.24) is 4.98 Å². The molecule has 166 valence electrons.